The fourth-order valence-corrected chi connectivity index (χ4v) is 4.36. The van der Waals surface area contributed by atoms with E-state index in [2.05, 4.69) is 33.0 Å². The molecular weight excluding hydrogens is 240 g/mol. The summed E-state index contributed by atoms with van der Waals surface area (Å²) < 4.78 is 0. The molecule has 1 saturated carbocycles. The Morgan fingerprint density at radius 1 is 1.33 bits per heavy atom. The van der Waals surface area contributed by atoms with Crippen LogP contribution in [0.15, 0.2) is 0 Å². The van der Waals surface area contributed by atoms with Crippen LogP contribution in [0.2, 0.25) is 0 Å². The van der Waals surface area contributed by atoms with Crippen LogP contribution in [0, 0.1) is 5.41 Å². The summed E-state index contributed by atoms with van der Waals surface area (Å²) in [6.45, 7) is 10.4. The van der Waals surface area contributed by atoms with Gasteiger partial charge in [0.05, 0.1) is 10.7 Å². The second-order valence-corrected chi connectivity index (χ2v) is 8.08. The summed E-state index contributed by atoms with van der Waals surface area (Å²) in [4.78, 5) is 6.52. The second-order valence-electron chi connectivity index (χ2n) is 7.05. The van der Waals surface area contributed by atoms with E-state index in [-0.39, 0.29) is 0 Å². The quantitative estimate of drug-likeness (QED) is 0.898. The van der Waals surface area contributed by atoms with Crippen molar-refractivity contribution in [3.63, 3.8) is 0 Å². The van der Waals surface area contributed by atoms with Gasteiger partial charge >= 0.3 is 0 Å². The van der Waals surface area contributed by atoms with Gasteiger partial charge < -0.3 is 5.32 Å². The molecule has 1 aromatic heterocycles. The van der Waals surface area contributed by atoms with Crippen molar-refractivity contribution in [3.05, 3.63) is 15.6 Å². The van der Waals surface area contributed by atoms with Crippen LogP contribution in [0.4, 0.5) is 0 Å². The Morgan fingerprint density at radius 2 is 2.06 bits per heavy atom. The van der Waals surface area contributed by atoms with Crippen LogP contribution in [-0.2, 0) is 11.8 Å². The summed E-state index contributed by atoms with van der Waals surface area (Å²) in [6.07, 6.45) is 5.05. The maximum atomic E-state index is 4.99. The first-order valence-corrected chi connectivity index (χ1v) is 7.99. The molecule has 2 aliphatic rings. The summed E-state index contributed by atoms with van der Waals surface area (Å²) in [5.74, 6) is 0. The van der Waals surface area contributed by atoms with Gasteiger partial charge in [0.25, 0.3) is 0 Å². The summed E-state index contributed by atoms with van der Waals surface area (Å²) in [5, 5.41) is 5.05. The third-order valence-corrected chi connectivity index (χ3v) is 5.93. The zero-order chi connectivity index (χ0) is 13.0. The third-order valence-electron chi connectivity index (χ3n) is 4.41. The Kier molecular flexibility index (Phi) is 2.83. The first-order valence-electron chi connectivity index (χ1n) is 7.17. The van der Waals surface area contributed by atoms with E-state index < -0.39 is 0 Å². The molecule has 0 amide bonds. The summed E-state index contributed by atoms with van der Waals surface area (Å²) in [5.41, 5.74) is 2.18. The number of nitrogens with one attached hydrogen (secondary N) is 1. The molecule has 0 radical (unpaired) electrons. The van der Waals surface area contributed by atoms with Crippen molar-refractivity contribution < 1.29 is 0 Å². The minimum absolute atomic E-state index is 0.385. The molecule has 1 heterocycles. The highest BCUT2D eigenvalue weighted by Gasteiger charge is 2.44. The summed E-state index contributed by atoms with van der Waals surface area (Å²) >= 11 is 1.98. The Hall–Kier alpha value is -0.410. The largest absolute Gasteiger partial charge is 0.309 e. The van der Waals surface area contributed by atoms with Crippen molar-refractivity contribution in [2.24, 2.45) is 5.41 Å². The molecule has 18 heavy (non-hydrogen) atoms. The van der Waals surface area contributed by atoms with Crippen LogP contribution >= 0.6 is 11.3 Å². The van der Waals surface area contributed by atoms with Gasteiger partial charge in [-0.15, -0.1) is 11.3 Å². The number of hydrogen-bond acceptors (Lipinski definition) is 3. The van der Waals surface area contributed by atoms with Crippen molar-refractivity contribution in [1.82, 2.24) is 10.3 Å². The molecule has 1 N–H and O–H groups in total. The van der Waals surface area contributed by atoms with Crippen LogP contribution in [0.5, 0.6) is 0 Å². The topological polar surface area (TPSA) is 24.9 Å². The fraction of sp³-hybridized carbons (Fsp3) is 0.800. The summed E-state index contributed by atoms with van der Waals surface area (Å²) in [7, 11) is 0. The molecule has 1 atom stereocenters. The van der Waals surface area contributed by atoms with E-state index in [1.807, 2.05) is 11.3 Å². The molecule has 1 unspecified atom stereocenters. The Labute approximate surface area is 114 Å². The molecular formula is C15H24N2S. The van der Waals surface area contributed by atoms with Gasteiger partial charge in [0.2, 0.25) is 0 Å². The maximum absolute atomic E-state index is 4.99. The Morgan fingerprint density at radius 3 is 2.67 bits per heavy atom. The standard InChI is InChI=1S/C15H24N2S/c1-5-16-10-8-14(2,3)9-11-12(10)18-13(17-11)15(4)6-7-15/h10,16H,5-9H2,1-4H3. The van der Waals surface area contributed by atoms with E-state index >= 15 is 0 Å². The monoisotopic (exact) mass is 264 g/mol. The van der Waals surface area contributed by atoms with Crippen molar-refractivity contribution in [1.29, 1.82) is 0 Å². The number of aromatic nitrogens is 1. The lowest BCUT2D eigenvalue weighted by Crippen LogP contribution is -2.32. The van der Waals surface area contributed by atoms with Crippen LogP contribution < -0.4 is 5.32 Å². The van der Waals surface area contributed by atoms with Gasteiger partial charge in [-0.1, -0.05) is 27.7 Å². The number of hydrogen-bond donors (Lipinski definition) is 1. The molecule has 100 valence electrons. The zero-order valence-corrected chi connectivity index (χ0v) is 12.8. The molecule has 2 nitrogen and oxygen atoms in total. The van der Waals surface area contributed by atoms with Gasteiger partial charge in [-0.05, 0) is 37.6 Å². The van der Waals surface area contributed by atoms with Gasteiger partial charge in [-0.3, -0.25) is 0 Å². The molecule has 1 aromatic rings. The number of thiazole rings is 1. The third kappa shape index (κ3) is 2.12. The fourth-order valence-electron chi connectivity index (χ4n) is 3.00. The molecule has 3 heteroatoms. The van der Waals surface area contributed by atoms with Gasteiger partial charge in [-0.2, -0.15) is 0 Å². The number of nitrogens with zero attached hydrogens (tertiary/aromatic N) is 1. The molecule has 0 aromatic carbocycles. The van der Waals surface area contributed by atoms with E-state index in [9.17, 15) is 0 Å². The number of rotatable bonds is 3. The van der Waals surface area contributed by atoms with Gasteiger partial charge in [-0.25, -0.2) is 4.98 Å². The minimum Gasteiger partial charge on any atom is -0.309 e. The zero-order valence-electron chi connectivity index (χ0n) is 12.0. The normalized spacial score (nSPS) is 27.9. The molecule has 3 rings (SSSR count). The first-order chi connectivity index (χ1) is 8.43. The predicted octanol–water partition coefficient (Wildman–Crippen LogP) is 3.82. The molecule has 0 bridgehead atoms. The molecule has 0 aliphatic heterocycles. The lowest BCUT2D eigenvalue weighted by atomic mass is 9.76. The average Bonchev–Trinajstić information content (AvgIpc) is 2.87. The first kappa shape index (κ1) is 12.6. The average molecular weight is 264 g/mol. The van der Waals surface area contributed by atoms with Gasteiger partial charge in [0.1, 0.15) is 0 Å². The lowest BCUT2D eigenvalue weighted by Gasteiger charge is -2.34. The van der Waals surface area contributed by atoms with Crippen LogP contribution in [0.25, 0.3) is 0 Å². The van der Waals surface area contributed by atoms with Crippen LogP contribution in [0.3, 0.4) is 0 Å². The minimum atomic E-state index is 0.385. The Bertz CT molecular complexity index is 457. The highest BCUT2D eigenvalue weighted by Crippen LogP contribution is 2.52. The second kappa shape index (κ2) is 4.04. The van der Waals surface area contributed by atoms with Crippen LogP contribution in [0.1, 0.15) is 68.6 Å². The smallest absolute Gasteiger partial charge is 0.0990 e. The summed E-state index contributed by atoms with van der Waals surface area (Å²) in [6, 6.07) is 0.530. The lowest BCUT2D eigenvalue weighted by molar-refractivity contribution is 0.260. The van der Waals surface area contributed by atoms with Crippen molar-refractivity contribution in [2.45, 2.75) is 64.8 Å². The van der Waals surface area contributed by atoms with E-state index in [1.54, 1.807) is 0 Å². The number of fused-ring (bicyclic) bond motifs is 1. The van der Waals surface area contributed by atoms with Gasteiger partial charge in [0.15, 0.2) is 0 Å². The van der Waals surface area contributed by atoms with E-state index in [0.29, 0.717) is 16.9 Å². The van der Waals surface area contributed by atoms with Crippen molar-refractivity contribution >= 4 is 11.3 Å². The Balaban J connectivity index is 1.96. The van der Waals surface area contributed by atoms with E-state index in [4.69, 9.17) is 4.98 Å². The maximum Gasteiger partial charge on any atom is 0.0990 e. The highest BCUT2D eigenvalue weighted by molar-refractivity contribution is 7.12. The van der Waals surface area contributed by atoms with E-state index in [0.717, 1.165) is 13.0 Å². The van der Waals surface area contributed by atoms with E-state index in [1.165, 1.54) is 34.8 Å². The van der Waals surface area contributed by atoms with Gasteiger partial charge in [0, 0.05) is 16.3 Å². The molecule has 2 aliphatic carbocycles. The molecule has 0 saturated heterocycles. The van der Waals surface area contributed by atoms with Crippen molar-refractivity contribution in [2.75, 3.05) is 6.54 Å². The predicted molar refractivity (Wildman–Crippen MR) is 77.2 cm³/mol. The molecule has 0 spiro atoms. The molecule has 1 fully saturated rings. The van der Waals surface area contributed by atoms with Crippen molar-refractivity contribution in [3.8, 4) is 0 Å². The van der Waals surface area contributed by atoms with Crippen LogP contribution in [-0.4, -0.2) is 11.5 Å². The highest BCUT2D eigenvalue weighted by atomic mass is 32.1. The SMILES string of the molecule is CCNC1CC(C)(C)Cc2nc(C3(C)CC3)sc21.